The lowest BCUT2D eigenvalue weighted by atomic mass is 10.0. The van der Waals surface area contributed by atoms with Gasteiger partial charge in [0.2, 0.25) is 6.29 Å². The Bertz CT molecular complexity index is 290. The Morgan fingerprint density at radius 3 is 2.35 bits per heavy atom. The molecule has 0 saturated carbocycles. The molecule has 1 aliphatic rings. The molecule has 7 heteroatoms. The van der Waals surface area contributed by atoms with E-state index >= 15 is 0 Å². The average molecular weight is 248 g/mol. The van der Waals surface area contributed by atoms with E-state index in [4.69, 9.17) is 19.3 Å². The first kappa shape index (κ1) is 13.9. The zero-order valence-corrected chi connectivity index (χ0v) is 9.66. The number of esters is 2. The number of hydrogen-bond acceptors (Lipinski definition) is 7. The van der Waals surface area contributed by atoms with Gasteiger partial charge in [-0.2, -0.15) is 0 Å². The summed E-state index contributed by atoms with van der Waals surface area (Å²) in [5.41, 5.74) is 0. The molecule has 17 heavy (non-hydrogen) atoms. The third-order valence-electron chi connectivity index (χ3n) is 2.31. The fourth-order valence-electron chi connectivity index (χ4n) is 1.64. The Kier molecular flexibility index (Phi) is 4.86. The van der Waals surface area contributed by atoms with Crippen LogP contribution in [0.4, 0.5) is 0 Å². The van der Waals surface area contributed by atoms with Crippen LogP contribution in [0, 0.1) is 0 Å². The van der Waals surface area contributed by atoms with Crippen LogP contribution in [0.2, 0.25) is 0 Å². The zero-order valence-electron chi connectivity index (χ0n) is 9.66. The number of aliphatic hydroxyl groups excluding tert-OH is 2. The van der Waals surface area contributed by atoms with Crippen molar-refractivity contribution >= 4 is 11.9 Å². The van der Waals surface area contributed by atoms with Gasteiger partial charge in [0.1, 0.15) is 18.3 Å². The molecule has 0 spiro atoms. The first-order chi connectivity index (χ1) is 7.93. The molecule has 0 bridgehead atoms. The monoisotopic (exact) mass is 248 g/mol. The largest absolute Gasteiger partial charge is 0.459 e. The fraction of sp³-hybridized carbons (Fsp3) is 0.800. The van der Waals surface area contributed by atoms with Gasteiger partial charge in [0.05, 0.1) is 13.0 Å². The molecule has 0 aromatic heterocycles. The number of carbonyl (C=O) groups is 2. The summed E-state index contributed by atoms with van der Waals surface area (Å²) in [7, 11) is 0. The van der Waals surface area contributed by atoms with Crippen molar-refractivity contribution in [3.63, 3.8) is 0 Å². The third kappa shape index (κ3) is 3.95. The van der Waals surface area contributed by atoms with Gasteiger partial charge in [-0.05, 0) is 0 Å². The molecular formula is C10H16O7. The fourth-order valence-corrected chi connectivity index (χ4v) is 1.64. The second-order valence-electron chi connectivity index (χ2n) is 3.77. The maximum atomic E-state index is 10.8. The Balaban J connectivity index is 2.67. The van der Waals surface area contributed by atoms with Crippen molar-refractivity contribution in [2.75, 3.05) is 6.61 Å². The number of aliphatic hydroxyl groups is 2. The highest BCUT2D eigenvalue weighted by molar-refractivity contribution is 5.66. The van der Waals surface area contributed by atoms with E-state index in [1.165, 1.54) is 13.8 Å². The highest BCUT2D eigenvalue weighted by Crippen LogP contribution is 2.23. The smallest absolute Gasteiger partial charge is 0.304 e. The summed E-state index contributed by atoms with van der Waals surface area (Å²) in [6.45, 7) is 1.96. The number of ether oxygens (including phenoxy) is 3. The van der Waals surface area contributed by atoms with Crippen LogP contribution in [0.1, 0.15) is 20.3 Å². The highest BCUT2D eigenvalue weighted by atomic mass is 16.7. The summed E-state index contributed by atoms with van der Waals surface area (Å²) in [5.74, 6) is -1.11. The average Bonchev–Trinajstić information content (AvgIpc) is 2.21. The Morgan fingerprint density at radius 1 is 1.29 bits per heavy atom. The lowest BCUT2D eigenvalue weighted by Gasteiger charge is -2.37. The van der Waals surface area contributed by atoms with Crippen LogP contribution in [-0.2, 0) is 23.8 Å². The number of carbonyl (C=O) groups excluding carboxylic acids is 2. The van der Waals surface area contributed by atoms with E-state index in [9.17, 15) is 14.7 Å². The van der Waals surface area contributed by atoms with Crippen molar-refractivity contribution in [1.29, 1.82) is 0 Å². The highest BCUT2D eigenvalue weighted by Gasteiger charge is 2.40. The Morgan fingerprint density at radius 2 is 1.88 bits per heavy atom. The van der Waals surface area contributed by atoms with Crippen LogP contribution >= 0.6 is 0 Å². The summed E-state index contributed by atoms with van der Waals surface area (Å²) in [6.07, 6.45) is -3.84. The molecule has 7 nitrogen and oxygen atoms in total. The number of rotatable bonds is 3. The summed E-state index contributed by atoms with van der Waals surface area (Å²) in [4.78, 5) is 21.6. The predicted octanol–water partition coefficient (Wildman–Crippen LogP) is -1.05. The summed E-state index contributed by atoms with van der Waals surface area (Å²) < 4.78 is 14.8. The quantitative estimate of drug-likeness (QED) is 0.614. The van der Waals surface area contributed by atoms with Crippen LogP contribution in [0.3, 0.4) is 0 Å². The minimum absolute atomic E-state index is 0.0385. The maximum Gasteiger partial charge on any atom is 0.304 e. The molecule has 0 radical (unpaired) electrons. The van der Waals surface area contributed by atoms with Crippen molar-refractivity contribution in [3.05, 3.63) is 0 Å². The van der Waals surface area contributed by atoms with E-state index in [-0.39, 0.29) is 6.42 Å². The van der Waals surface area contributed by atoms with E-state index in [1.54, 1.807) is 0 Å². The molecule has 0 aliphatic carbocycles. The van der Waals surface area contributed by atoms with Gasteiger partial charge in [-0.3, -0.25) is 9.59 Å². The molecule has 4 atom stereocenters. The molecule has 0 aromatic carbocycles. The first-order valence-electron chi connectivity index (χ1n) is 5.23. The van der Waals surface area contributed by atoms with Gasteiger partial charge in [-0.15, -0.1) is 0 Å². The van der Waals surface area contributed by atoms with Gasteiger partial charge in [-0.1, -0.05) is 0 Å². The van der Waals surface area contributed by atoms with Crippen LogP contribution in [-0.4, -0.2) is 53.4 Å². The van der Waals surface area contributed by atoms with Crippen LogP contribution in [0.5, 0.6) is 0 Å². The van der Waals surface area contributed by atoms with Gasteiger partial charge >= 0.3 is 11.9 Å². The molecule has 1 heterocycles. The normalized spacial score (nSPS) is 32.9. The van der Waals surface area contributed by atoms with Gasteiger partial charge in [0.15, 0.2) is 0 Å². The minimum atomic E-state index is -1.14. The standard InChI is InChI=1S/C10H16O7/c1-5(12)15-7-3-9(16-6(2)13)17-8(4-11)10(7)14/h7-11,14H,3-4H2,1-2H3/t7-,8+,9?,10+/m0/s1. The molecule has 1 rings (SSSR count). The van der Waals surface area contributed by atoms with Gasteiger partial charge in [-0.25, -0.2) is 0 Å². The maximum absolute atomic E-state index is 10.8. The van der Waals surface area contributed by atoms with E-state index in [0.717, 1.165) is 0 Å². The van der Waals surface area contributed by atoms with Crippen molar-refractivity contribution in [2.45, 2.75) is 44.9 Å². The lowest BCUT2D eigenvalue weighted by Crippen LogP contribution is -2.52. The van der Waals surface area contributed by atoms with E-state index in [1.807, 2.05) is 0 Å². The molecule has 2 N–H and O–H groups in total. The van der Waals surface area contributed by atoms with E-state index in [2.05, 4.69) is 0 Å². The molecule has 1 fully saturated rings. The molecule has 0 amide bonds. The second kappa shape index (κ2) is 5.95. The molecule has 98 valence electrons. The van der Waals surface area contributed by atoms with Crippen molar-refractivity contribution in [3.8, 4) is 0 Å². The lowest BCUT2D eigenvalue weighted by molar-refractivity contribution is -0.253. The topological polar surface area (TPSA) is 102 Å². The second-order valence-corrected chi connectivity index (χ2v) is 3.77. The Labute approximate surface area is 98.3 Å². The van der Waals surface area contributed by atoms with E-state index < -0.39 is 43.1 Å². The Hall–Kier alpha value is -1.18. The molecule has 1 unspecified atom stereocenters. The van der Waals surface area contributed by atoms with Crippen LogP contribution < -0.4 is 0 Å². The van der Waals surface area contributed by atoms with Crippen LogP contribution in [0.25, 0.3) is 0 Å². The van der Waals surface area contributed by atoms with Gasteiger partial charge in [0.25, 0.3) is 0 Å². The van der Waals surface area contributed by atoms with Gasteiger partial charge in [0, 0.05) is 13.8 Å². The molecule has 0 aromatic rings. The van der Waals surface area contributed by atoms with E-state index in [0.29, 0.717) is 0 Å². The van der Waals surface area contributed by atoms with Gasteiger partial charge < -0.3 is 24.4 Å². The summed E-state index contributed by atoms with van der Waals surface area (Å²) >= 11 is 0. The predicted molar refractivity (Wildman–Crippen MR) is 53.7 cm³/mol. The van der Waals surface area contributed by atoms with Crippen LogP contribution in [0.15, 0.2) is 0 Å². The first-order valence-corrected chi connectivity index (χ1v) is 5.23. The summed E-state index contributed by atoms with van der Waals surface area (Å²) in [5, 5.41) is 18.7. The third-order valence-corrected chi connectivity index (χ3v) is 2.31. The number of hydrogen-bond donors (Lipinski definition) is 2. The minimum Gasteiger partial charge on any atom is -0.459 e. The summed E-state index contributed by atoms with van der Waals surface area (Å²) in [6, 6.07) is 0. The zero-order chi connectivity index (χ0) is 13.0. The van der Waals surface area contributed by atoms with Crippen molar-refractivity contribution < 1.29 is 34.0 Å². The SMILES string of the molecule is CC(=O)OC1C[C@H](OC(C)=O)[C@@H](O)[C@@H](CO)O1. The molecule has 1 saturated heterocycles. The molecule has 1 aliphatic heterocycles. The van der Waals surface area contributed by atoms with Crippen molar-refractivity contribution in [1.82, 2.24) is 0 Å². The molecular weight excluding hydrogens is 232 g/mol. The van der Waals surface area contributed by atoms with Crippen molar-refractivity contribution in [2.24, 2.45) is 0 Å².